The van der Waals surface area contributed by atoms with Gasteiger partial charge in [0.15, 0.2) is 0 Å². The summed E-state index contributed by atoms with van der Waals surface area (Å²) in [6, 6.07) is 16.4. The molecule has 4 heteroatoms. The van der Waals surface area contributed by atoms with Gasteiger partial charge in [-0.1, -0.05) is 28.1 Å². The first-order valence-corrected chi connectivity index (χ1v) is 7.67. The fourth-order valence-electron chi connectivity index (χ4n) is 2.54. The summed E-state index contributed by atoms with van der Waals surface area (Å²) in [5, 5.41) is 4.40. The van der Waals surface area contributed by atoms with Crippen LogP contribution in [0.15, 0.2) is 62.4 Å². The molecule has 0 bridgehead atoms. The number of fused-ring (bicyclic) bond motifs is 1. The lowest BCUT2D eigenvalue weighted by Gasteiger charge is -2.01. The molecule has 0 atom stereocenters. The molecule has 1 aromatic heterocycles. The summed E-state index contributed by atoms with van der Waals surface area (Å²) in [6.07, 6.45) is 0. The van der Waals surface area contributed by atoms with Crippen LogP contribution < -0.4 is 5.32 Å². The van der Waals surface area contributed by atoms with Crippen molar-refractivity contribution in [3.8, 4) is 11.3 Å². The predicted octanol–water partition coefficient (Wildman–Crippen LogP) is 4.21. The van der Waals surface area contributed by atoms with Crippen LogP contribution in [0.4, 0.5) is 0 Å². The van der Waals surface area contributed by atoms with Crippen LogP contribution >= 0.6 is 15.9 Å². The molecule has 2 heterocycles. The molecule has 104 valence electrons. The molecule has 2 aromatic carbocycles. The molecule has 21 heavy (non-hydrogen) atoms. The van der Waals surface area contributed by atoms with Crippen LogP contribution in [0.3, 0.4) is 0 Å². The minimum absolute atomic E-state index is 0.850. The Kier molecular flexibility index (Phi) is 3.04. The highest BCUT2D eigenvalue weighted by Gasteiger charge is 2.11. The van der Waals surface area contributed by atoms with Gasteiger partial charge in [0.25, 0.3) is 0 Å². The monoisotopic (exact) mass is 340 g/mol. The van der Waals surface area contributed by atoms with Crippen LogP contribution in [0.5, 0.6) is 0 Å². The molecule has 0 radical (unpaired) electrons. The van der Waals surface area contributed by atoms with Crippen LogP contribution in [0, 0.1) is 0 Å². The second-order valence-electron chi connectivity index (χ2n) is 5.03. The average molecular weight is 341 g/mol. The van der Waals surface area contributed by atoms with Crippen molar-refractivity contribution < 1.29 is 4.42 Å². The Bertz CT molecular complexity index is 834. The van der Waals surface area contributed by atoms with Gasteiger partial charge in [0.1, 0.15) is 17.2 Å². The van der Waals surface area contributed by atoms with Crippen molar-refractivity contribution in [3.05, 3.63) is 58.6 Å². The molecule has 0 spiro atoms. The first kappa shape index (κ1) is 12.7. The van der Waals surface area contributed by atoms with E-state index in [0.29, 0.717) is 0 Å². The maximum atomic E-state index is 5.94. The summed E-state index contributed by atoms with van der Waals surface area (Å²) in [4.78, 5) is 4.46. The second-order valence-corrected chi connectivity index (χ2v) is 5.94. The third-order valence-corrected chi connectivity index (χ3v) is 4.12. The van der Waals surface area contributed by atoms with Crippen molar-refractivity contribution >= 4 is 32.7 Å². The maximum Gasteiger partial charge on any atom is 0.135 e. The van der Waals surface area contributed by atoms with E-state index in [0.717, 1.165) is 51.3 Å². The first-order valence-electron chi connectivity index (χ1n) is 6.88. The molecule has 1 N–H and O–H groups in total. The van der Waals surface area contributed by atoms with Crippen LogP contribution in [-0.4, -0.2) is 18.9 Å². The quantitative estimate of drug-likeness (QED) is 0.758. The fraction of sp³-hybridized carbons (Fsp3) is 0.118. The van der Waals surface area contributed by atoms with Crippen LogP contribution in [-0.2, 0) is 0 Å². The molecule has 4 rings (SSSR count). The third-order valence-electron chi connectivity index (χ3n) is 3.59. The van der Waals surface area contributed by atoms with Gasteiger partial charge in [-0.15, -0.1) is 0 Å². The number of aliphatic imine (C=N–C) groups is 1. The van der Waals surface area contributed by atoms with Gasteiger partial charge in [-0.25, -0.2) is 0 Å². The van der Waals surface area contributed by atoms with Crippen molar-refractivity contribution in [2.24, 2.45) is 4.99 Å². The smallest absolute Gasteiger partial charge is 0.135 e. The van der Waals surface area contributed by atoms with E-state index in [2.05, 4.69) is 38.4 Å². The maximum absolute atomic E-state index is 5.94. The van der Waals surface area contributed by atoms with Gasteiger partial charge < -0.3 is 9.73 Å². The topological polar surface area (TPSA) is 37.5 Å². The van der Waals surface area contributed by atoms with Gasteiger partial charge >= 0.3 is 0 Å². The molecule has 0 aliphatic carbocycles. The number of rotatable bonds is 2. The van der Waals surface area contributed by atoms with E-state index in [-0.39, 0.29) is 0 Å². The van der Waals surface area contributed by atoms with Gasteiger partial charge in [-0.05, 0) is 36.4 Å². The van der Waals surface area contributed by atoms with E-state index >= 15 is 0 Å². The van der Waals surface area contributed by atoms with Crippen molar-refractivity contribution in [1.82, 2.24) is 5.32 Å². The number of nitrogens with one attached hydrogen (secondary N) is 1. The Balaban J connectivity index is 1.77. The number of halogens is 1. The van der Waals surface area contributed by atoms with E-state index in [1.54, 1.807) is 0 Å². The molecular formula is C17H13BrN2O. The molecule has 0 unspecified atom stereocenters. The lowest BCUT2D eigenvalue weighted by molar-refractivity contribution is 0.631. The van der Waals surface area contributed by atoms with E-state index < -0.39 is 0 Å². The Morgan fingerprint density at radius 3 is 2.57 bits per heavy atom. The van der Waals surface area contributed by atoms with Gasteiger partial charge in [-0.2, -0.15) is 0 Å². The van der Waals surface area contributed by atoms with Crippen molar-refractivity contribution in [2.45, 2.75) is 0 Å². The zero-order valence-corrected chi connectivity index (χ0v) is 12.9. The summed E-state index contributed by atoms with van der Waals surface area (Å²) in [5.74, 6) is 1.86. The molecule has 3 aromatic rings. The SMILES string of the molecule is Brc1ccc(-c2cc3cc(C4=NCCN4)ccc3o2)cc1. The van der Waals surface area contributed by atoms with Crippen molar-refractivity contribution in [1.29, 1.82) is 0 Å². The number of furan rings is 1. The second kappa shape index (κ2) is 5.04. The average Bonchev–Trinajstić information content (AvgIpc) is 3.16. The van der Waals surface area contributed by atoms with Gasteiger partial charge in [0.2, 0.25) is 0 Å². The highest BCUT2D eigenvalue weighted by Crippen LogP contribution is 2.29. The lowest BCUT2D eigenvalue weighted by atomic mass is 10.1. The van der Waals surface area contributed by atoms with Crippen molar-refractivity contribution in [3.63, 3.8) is 0 Å². The van der Waals surface area contributed by atoms with E-state index in [1.165, 1.54) is 0 Å². The van der Waals surface area contributed by atoms with E-state index in [9.17, 15) is 0 Å². The molecule has 0 fully saturated rings. The van der Waals surface area contributed by atoms with Gasteiger partial charge in [0, 0.05) is 27.5 Å². The Labute approximate surface area is 130 Å². The fourth-order valence-corrected chi connectivity index (χ4v) is 2.80. The Hall–Kier alpha value is -2.07. The third kappa shape index (κ3) is 2.36. The summed E-state index contributed by atoms with van der Waals surface area (Å²) in [5.41, 5.74) is 3.09. The summed E-state index contributed by atoms with van der Waals surface area (Å²) >= 11 is 3.45. The summed E-state index contributed by atoms with van der Waals surface area (Å²) in [6.45, 7) is 1.77. The molecular weight excluding hydrogens is 328 g/mol. The largest absolute Gasteiger partial charge is 0.456 e. The van der Waals surface area contributed by atoms with Crippen LogP contribution in [0.2, 0.25) is 0 Å². The normalized spacial score (nSPS) is 14.2. The van der Waals surface area contributed by atoms with E-state index in [1.807, 2.05) is 36.4 Å². The summed E-state index contributed by atoms with van der Waals surface area (Å²) in [7, 11) is 0. The zero-order chi connectivity index (χ0) is 14.2. The minimum Gasteiger partial charge on any atom is -0.456 e. The minimum atomic E-state index is 0.850. The number of hydrogen-bond donors (Lipinski definition) is 1. The number of benzene rings is 2. The Morgan fingerprint density at radius 1 is 1.00 bits per heavy atom. The number of hydrogen-bond acceptors (Lipinski definition) is 3. The highest BCUT2D eigenvalue weighted by molar-refractivity contribution is 9.10. The predicted molar refractivity (Wildman–Crippen MR) is 88.8 cm³/mol. The van der Waals surface area contributed by atoms with Gasteiger partial charge in [-0.3, -0.25) is 4.99 Å². The van der Waals surface area contributed by atoms with Gasteiger partial charge in [0.05, 0.1) is 6.54 Å². The molecule has 0 saturated heterocycles. The standard InChI is InChI=1S/C17H13BrN2O/c18-14-4-1-11(2-5-14)16-10-13-9-12(3-6-15(13)21-16)17-19-7-8-20-17/h1-6,9-10H,7-8H2,(H,19,20). The summed E-state index contributed by atoms with van der Waals surface area (Å²) < 4.78 is 7.00. The van der Waals surface area contributed by atoms with E-state index in [4.69, 9.17) is 4.42 Å². The highest BCUT2D eigenvalue weighted by atomic mass is 79.9. The lowest BCUT2D eigenvalue weighted by Crippen LogP contribution is -2.19. The Morgan fingerprint density at radius 2 is 1.81 bits per heavy atom. The zero-order valence-electron chi connectivity index (χ0n) is 11.3. The first-order chi connectivity index (χ1) is 10.3. The molecule has 1 aliphatic rings. The number of amidine groups is 1. The molecule has 3 nitrogen and oxygen atoms in total. The molecule has 0 amide bonds. The molecule has 1 aliphatic heterocycles. The molecule has 0 saturated carbocycles. The van der Waals surface area contributed by atoms with Crippen molar-refractivity contribution in [2.75, 3.05) is 13.1 Å². The van der Waals surface area contributed by atoms with Crippen LogP contribution in [0.25, 0.3) is 22.3 Å². The van der Waals surface area contributed by atoms with Crippen LogP contribution in [0.1, 0.15) is 5.56 Å². The number of nitrogens with zero attached hydrogens (tertiary/aromatic N) is 1.